The summed E-state index contributed by atoms with van der Waals surface area (Å²) in [5.74, 6) is -2.02. The molecule has 2 fully saturated rings. The van der Waals surface area contributed by atoms with Crippen LogP contribution in [0.25, 0.3) is 0 Å². The standard InChI is InChI=1S/C19H21FN6O3S/c20-13-7-22-19-23-11-3-1-2-9(4-11)8-30(28,29)26-14-6-10-5-12(14)16(15(10)17(21)27)24-18(13)25-19/h1-4,7,10,12,14-16,26H,5-6,8H2,(H2,21,27)(H2,22,23,24,25)/t10-,12+,14+,15-,16+/m0/s1. The molecule has 0 spiro atoms. The van der Waals surface area contributed by atoms with Crippen molar-refractivity contribution in [3.8, 4) is 0 Å². The number of sulfonamides is 1. The molecule has 5 rings (SSSR count). The van der Waals surface area contributed by atoms with E-state index in [1.807, 2.05) is 0 Å². The number of nitrogens with one attached hydrogen (secondary N) is 3. The van der Waals surface area contributed by atoms with Crippen LogP contribution in [0.4, 0.5) is 21.8 Å². The van der Waals surface area contributed by atoms with Crippen LogP contribution >= 0.6 is 0 Å². The molecule has 5 atom stereocenters. The van der Waals surface area contributed by atoms with Crippen molar-refractivity contribution in [3.05, 3.63) is 41.8 Å². The number of halogens is 1. The van der Waals surface area contributed by atoms with E-state index in [1.54, 1.807) is 24.3 Å². The van der Waals surface area contributed by atoms with E-state index in [1.165, 1.54) is 0 Å². The number of carbonyl (C=O) groups excluding carboxylic acids is 1. The third kappa shape index (κ3) is 3.37. The molecular weight excluding hydrogens is 411 g/mol. The maximum atomic E-state index is 14.5. The molecule has 158 valence electrons. The van der Waals surface area contributed by atoms with Gasteiger partial charge in [-0.05, 0) is 42.4 Å². The van der Waals surface area contributed by atoms with Gasteiger partial charge >= 0.3 is 0 Å². The number of anilines is 3. The normalized spacial score (nSPS) is 31.3. The molecule has 2 heterocycles. The molecule has 2 saturated carbocycles. The Hall–Kier alpha value is -2.79. The molecule has 0 radical (unpaired) electrons. The molecule has 9 nitrogen and oxygen atoms in total. The molecule has 11 heteroatoms. The number of primary amides is 1. The van der Waals surface area contributed by atoms with Crippen molar-refractivity contribution < 1.29 is 17.6 Å². The third-order valence-electron chi connectivity index (χ3n) is 6.25. The summed E-state index contributed by atoms with van der Waals surface area (Å²) in [6.07, 6.45) is 2.21. The first-order chi connectivity index (χ1) is 14.3. The Kier molecular flexibility index (Phi) is 4.40. The van der Waals surface area contributed by atoms with Crippen molar-refractivity contribution in [1.82, 2.24) is 14.7 Å². The summed E-state index contributed by atoms with van der Waals surface area (Å²) < 4.78 is 42.9. The lowest BCUT2D eigenvalue weighted by Crippen LogP contribution is -2.51. The van der Waals surface area contributed by atoms with Gasteiger partial charge in [-0.2, -0.15) is 4.98 Å². The van der Waals surface area contributed by atoms with Crippen LogP contribution in [-0.4, -0.2) is 36.4 Å². The quantitative estimate of drug-likeness (QED) is 0.529. The Morgan fingerprint density at radius 3 is 2.90 bits per heavy atom. The van der Waals surface area contributed by atoms with Crippen LogP contribution < -0.4 is 21.1 Å². The van der Waals surface area contributed by atoms with Crippen LogP contribution in [0, 0.1) is 23.6 Å². The fourth-order valence-electron chi connectivity index (χ4n) is 5.15. The first kappa shape index (κ1) is 19.2. The monoisotopic (exact) mass is 432 g/mol. The largest absolute Gasteiger partial charge is 0.369 e. The van der Waals surface area contributed by atoms with Crippen molar-refractivity contribution in [1.29, 1.82) is 0 Å². The van der Waals surface area contributed by atoms with Gasteiger partial charge in [0.15, 0.2) is 11.6 Å². The summed E-state index contributed by atoms with van der Waals surface area (Å²) in [5, 5.41) is 6.00. The predicted molar refractivity (Wildman–Crippen MR) is 108 cm³/mol. The summed E-state index contributed by atoms with van der Waals surface area (Å²) in [5.41, 5.74) is 6.81. The first-order valence-corrected chi connectivity index (χ1v) is 11.4. The maximum Gasteiger partial charge on any atom is 0.229 e. The number of benzene rings is 1. The number of carbonyl (C=O) groups is 1. The number of rotatable bonds is 1. The Balaban J connectivity index is 1.60. The van der Waals surface area contributed by atoms with Crippen LogP contribution in [0.2, 0.25) is 0 Å². The second-order valence-electron chi connectivity index (χ2n) is 8.19. The molecule has 2 aromatic rings. The minimum absolute atomic E-state index is 0.0499. The average molecular weight is 432 g/mol. The summed E-state index contributed by atoms with van der Waals surface area (Å²) in [6.45, 7) is 0. The summed E-state index contributed by atoms with van der Waals surface area (Å²) in [4.78, 5) is 20.3. The molecule has 6 bridgehead atoms. The summed E-state index contributed by atoms with van der Waals surface area (Å²) in [7, 11) is -3.62. The van der Waals surface area contributed by atoms with Gasteiger partial charge in [-0.1, -0.05) is 12.1 Å². The zero-order chi connectivity index (χ0) is 21.0. The molecule has 3 aliphatic rings. The van der Waals surface area contributed by atoms with Gasteiger partial charge in [-0.3, -0.25) is 4.79 Å². The minimum Gasteiger partial charge on any atom is -0.369 e. The van der Waals surface area contributed by atoms with Crippen LogP contribution in [0.1, 0.15) is 18.4 Å². The van der Waals surface area contributed by atoms with Gasteiger partial charge in [0, 0.05) is 17.8 Å². The van der Waals surface area contributed by atoms with Gasteiger partial charge in [-0.15, -0.1) is 0 Å². The highest BCUT2D eigenvalue weighted by molar-refractivity contribution is 7.88. The second-order valence-corrected chi connectivity index (χ2v) is 9.95. The van der Waals surface area contributed by atoms with E-state index in [-0.39, 0.29) is 35.4 Å². The minimum atomic E-state index is -3.62. The summed E-state index contributed by atoms with van der Waals surface area (Å²) >= 11 is 0. The first-order valence-electron chi connectivity index (χ1n) is 9.73. The number of nitrogens with zero attached hydrogens (tertiary/aromatic N) is 2. The lowest BCUT2D eigenvalue weighted by molar-refractivity contribution is -0.123. The third-order valence-corrected chi connectivity index (χ3v) is 7.63. The van der Waals surface area contributed by atoms with Gasteiger partial charge in [0.1, 0.15) is 0 Å². The van der Waals surface area contributed by atoms with Crippen molar-refractivity contribution >= 4 is 33.4 Å². The molecule has 0 saturated heterocycles. The lowest BCUT2D eigenvalue weighted by Gasteiger charge is -2.35. The van der Waals surface area contributed by atoms with E-state index >= 15 is 0 Å². The smallest absolute Gasteiger partial charge is 0.229 e. The highest BCUT2D eigenvalue weighted by Crippen LogP contribution is 2.50. The molecule has 1 aromatic heterocycles. The van der Waals surface area contributed by atoms with Gasteiger partial charge in [-0.25, -0.2) is 22.5 Å². The molecule has 1 aliphatic heterocycles. The topological polar surface area (TPSA) is 139 Å². The average Bonchev–Trinajstić information content (AvgIpc) is 3.21. The van der Waals surface area contributed by atoms with Crippen molar-refractivity contribution in [2.45, 2.75) is 30.7 Å². The van der Waals surface area contributed by atoms with E-state index in [0.29, 0.717) is 24.1 Å². The maximum absolute atomic E-state index is 14.5. The number of hydrogen-bond acceptors (Lipinski definition) is 7. The number of fused-ring (bicyclic) bond motifs is 5. The number of hydrogen-bond donors (Lipinski definition) is 4. The van der Waals surface area contributed by atoms with E-state index in [4.69, 9.17) is 5.73 Å². The highest BCUT2D eigenvalue weighted by Gasteiger charge is 2.55. The Labute approximate surface area is 172 Å². The Bertz CT molecular complexity index is 1130. The fourth-order valence-corrected chi connectivity index (χ4v) is 6.58. The number of aromatic nitrogens is 2. The molecule has 5 N–H and O–H groups in total. The number of amides is 1. The highest BCUT2D eigenvalue weighted by atomic mass is 32.2. The van der Waals surface area contributed by atoms with Gasteiger partial charge in [0.2, 0.25) is 21.9 Å². The zero-order valence-corrected chi connectivity index (χ0v) is 16.7. The Morgan fingerprint density at radius 1 is 1.27 bits per heavy atom. The molecule has 30 heavy (non-hydrogen) atoms. The summed E-state index contributed by atoms with van der Waals surface area (Å²) in [6, 6.07) is 6.00. The number of nitrogens with two attached hydrogens (primary N) is 1. The molecule has 0 unspecified atom stereocenters. The van der Waals surface area contributed by atoms with Gasteiger partial charge < -0.3 is 16.4 Å². The molecule has 1 aromatic carbocycles. The van der Waals surface area contributed by atoms with Crippen LogP contribution in [0.5, 0.6) is 0 Å². The van der Waals surface area contributed by atoms with Crippen molar-refractivity contribution in [3.63, 3.8) is 0 Å². The van der Waals surface area contributed by atoms with Crippen molar-refractivity contribution in [2.75, 3.05) is 10.6 Å². The van der Waals surface area contributed by atoms with E-state index < -0.39 is 33.7 Å². The fraction of sp³-hybridized carbons (Fsp3) is 0.421. The van der Waals surface area contributed by atoms with E-state index in [0.717, 1.165) is 6.20 Å². The van der Waals surface area contributed by atoms with E-state index in [9.17, 15) is 17.6 Å². The Morgan fingerprint density at radius 2 is 2.10 bits per heavy atom. The van der Waals surface area contributed by atoms with Gasteiger partial charge in [0.25, 0.3) is 0 Å². The zero-order valence-electron chi connectivity index (χ0n) is 15.9. The SMILES string of the molecule is NC(=O)[C@H]1[C@H]2C[C@H]3[C@H]1Nc1nc(ncc1F)Nc1cccc(c1)CS(=O)(=O)N[C@@H]3C2. The molecule has 2 aliphatic carbocycles. The van der Waals surface area contributed by atoms with Crippen LogP contribution in [0.3, 0.4) is 0 Å². The molecule has 1 amide bonds. The molecular formula is C19H21FN6O3S. The second kappa shape index (κ2) is 6.88. The van der Waals surface area contributed by atoms with Crippen LogP contribution in [0.15, 0.2) is 30.5 Å². The van der Waals surface area contributed by atoms with E-state index in [2.05, 4.69) is 25.3 Å². The van der Waals surface area contributed by atoms with Gasteiger partial charge in [0.05, 0.1) is 17.9 Å². The predicted octanol–water partition coefficient (Wildman–Crippen LogP) is 1.08. The van der Waals surface area contributed by atoms with Crippen LogP contribution in [-0.2, 0) is 20.6 Å². The lowest BCUT2D eigenvalue weighted by atomic mass is 9.81. The van der Waals surface area contributed by atoms with Crippen molar-refractivity contribution in [2.24, 2.45) is 23.5 Å².